The number of aromatic amines is 1. The molecule has 0 radical (unpaired) electrons. The molecule has 0 unspecified atom stereocenters. The molecule has 2 aromatic heterocycles. The highest BCUT2D eigenvalue weighted by Gasteiger charge is 2.16. The lowest BCUT2D eigenvalue weighted by molar-refractivity contribution is 0.0950. The van der Waals surface area contributed by atoms with Gasteiger partial charge >= 0.3 is 0 Å². The Morgan fingerprint density at radius 2 is 2.06 bits per heavy atom. The van der Waals surface area contributed by atoms with Gasteiger partial charge < -0.3 is 26.1 Å². The molecular weight excluding hydrogens is 404 g/mol. The lowest BCUT2D eigenvalue weighted by Crippen LogP contribution is -2.37. The van der Waals surface area contributed by atoms with Gasteiger partial charge in [-0.3, -0.25) is 4.79 Å². The summed E-state index contributed by atoms with van der Waals surface area (Å²) < 4.78 is 5.90. The Morgan fingerprint density at radius 3 is 2.88 bits per heavy atom. The topological polar surface area (TPSA) is 118 Å². The van der Waals surface area contributed by atoms with Gasteiger partial charge in [-0.15, -0.1) is 0 Å². The maximum absolute atomic E-state index is 12.4. The minimum absolute atomic E-state index is 0.0858. The summed E-state index contributed by atoms with van der Waals surface area (Å²) >= 11 is 0. The van der Waals surface area contributed by atoms with E-state index in [2.05, 4.69) is 25.6 Å². The summed E-state index contributed by atoms with van der Waals surface area (Å²) in [4.78, 5) is 24.3. The molecule has 1 aliphatic rings. The number of H-pyrrole nitrogens is 1. The molecule has 1 amide bonds. The Morgan fingerprint density at radius 1 is 1.19 bits per heavy atom. The van der Waals surface area contributed by atoms with Crippen LogP contribution in [0, 0.1) is 0 Å². The van der Waals surface area contributed by atoms with Gasteiger partial charge in [0.2, 0.25) is 0 Å². The minimum Gasteiger partial charge on any atom is -0.436 e. The molecular formula is C24H24N6O2. The summed E-state index contributed by atoms with van der Waals surface area (Å²) in [6.07, 6.45) is 5.72. The second-order valence-corrected chi connectivity index (χ2v) is 7.86. The van der Waals surface area contributed by atoms with E-state index in [1.807, 2.05) is 42.6 Å². The van der Waals surface area contributed by atoms with Crippen LogP contribution in [0.2, 0.25) is 0 Å². The third-order valence-corrected chi connectivity index (χ3v) is 5.62. The number of nitrogens with two attached hydrogens (primary N) is 1. The molecule has 162 valence electrons. The first-order valence-electron chi connectivity index (χ1n) is 10.7. The Bertz CT molecular complexity index is 1250. The predicted molar refractivity (Wildman–Crippen MR) is 124 cm³/mol. The van der Waals surface area contributed by atoms with Crippen molar-refractivity contribution >= 4 is 22.6 Å². The fraction of sp³-hybridized carbons (Fsp3) is 0.208. The molecule has 8 heteroatoms. The van der Waals surface area contributed by atoms with Crippen molar-refractivity contribution in [3.63, 3.8) is 0 Å². The Kier molecular flexibility index (Phi) is 5.43. The van der Waals surface area contributed by atoms with Crippen molar-refractivity contribution in [2.75, 3.05) is 18.8 Å². The second-order valence-electron chi connectivity index (χ2n) is 7.86. The van der Waals surface area contributed by atoms with Crippen LogP contribution in [0.15, 0.2) is 60.9 Å². The van der Waals surface area contributed by atoms with E-state index in [0.717, 1.165) is 35.9 Å². The Hall–Kier alpha value is -3.91. The summed E-state index contributed by atoms with van der Waals surface area (Å²) in [5, 5.41) is 7.45. The van der Waals surface area contributed by atoms with Crippen LogP contribution in [0.1, 0.15) is 23.2 Å². The van der Waals surface area contributed by atoms with Gasteiger partial charge in [0.25, 0.3) is 11.8 Å². The SMILES string of the molecule is Nc1ncc(-c2ccc(C(=O)NC[C@@H]3CCCN3)cc2)nc1Oc1ccc2cc[nH]c2c1. The number of ether oxygens (including phenoxy) is 1. The van der Waals surface area contributed by atoms with E-state index in [1.165, 1.54) is 0 Å². The smallest absolute Gasteiger partial charge is 0.263 e. The van der Waals surface area contributed by atoms with Crippen LogP contribution in [0.5, 0.6) is 11.6 Å². The standard InChI is InChI=1S/C24H24N6O2/c25-22-24(32-19-8-7-16-9-11-27-20(16)12-19)30-21(14-28-22)15-3-5-17(6-4-15)23(31)29-13-18-2-1-10-26-18/h3-9,11-12,14,18,26-27H,1-2,10,13H2,(H2,25,28)(H,29,31)/t18-/m0/s1. The zero-order valence-corrected chi connectivity index (χ0v) is 17.5. The number of aromatic nitrogens is 3. The average molecular weight is 428 g/mol. The fourth-order valence-corrected chi connectivity index (χ4v) is 3.84. The van der Waals surface area contributed by atoms with E-state index in [4.69, 9.17) is 10.5 Å². The van der Waals surface area contributed by atoms with Crippen LogP contribution in [-0.4, -0.2) is 40.0 Å². The van der Waals surface area contributed by atoms with Crippen LogP contribution in [0.25, 0.3) is 22.2 Å². The van der Waals surface area contributed by atoms with E-state index in [9.17, 15) is 4.79 Å². The minimum atomic E-state index is -0.0858. The molecule has 1 atom stereocenters. The van der Waals surface area contributed by atoms with Gasteiger partial charge in [0, 0.05) is 41.5 Å². The molecule has 0 spiro atoms. The van der Waals surface area contributed by atoms with Crippen molar-refractivity contribution in [3.05, 3.63) is 66.5 Å². The van der Waals surface area contributed by atoms with Crippen LogP contribution in [-0.2, 0) is 0 Å². The number of carbonyl (C=O) groups excluding carboxylic acids is 1. The number of fused-ring (bicyclic) bond motifs is 1. The zero-order valence-electron chi connectivity index (χ0n) is 17.5. The summed E-state index contributed by atoms with van der Waals surface area (Å²) in [5.74, 6) is 0.968. The predicted octanol–water partition coefficient (Wildman–Crippen LogP) is 3.48. The Balaban J connectivity index is 1.30. The lowest BCUT2D eigenvalue weighted by atomic mass is 10.1. The van der Waals surface area contributed by atoms with Crippen LogP contribution >= 0.6 is 0 Å². The van der Waals surface area contributed by atoms with Gasteiger partial charge in [-0.25, -0.2) is 9.97 Å². The number of carbonyl (C=O) groups is 1. The maximum atomic E-state index is 12.4. The number of benzene rings is 2. The average Bonchev–Trinajstić information content (AvgIpc) is 3.51. The number of nitrogens with one attached hydrogen (secondary N) is 3. The van der Waals surface area contributed by atoms with Crippen LogP contribution in [0.3, 0.4) is 0 Å². The van der Waals surface area contributed by atoms with E-state index < -0.39 is 0 Å². The molecule has 3 heterocycles. The fourth-order valence-electron chi connectivity index (χ4n) is 3.84. The molecule has 32 heavy (non-hydrogen) atoms. The third kappa shape index (κ3) is 4.26. The first-order chi connectivity index (χ1) is 15.7. The van der Waals surface area contributed by atoms with E-state index in [0.29, 0.717) is 29.6 Å². The molecule has 0 saturated carbocycles. The summed E-state index contributed by atoms with van der Waals surface area (Å²) in [5.41, 5.74) is 8.98. The molecule has 1 saturated heterocycles. The van der Waals surface area contributed by atoms with E-state index in [1.54, 1.807) is 18.3 Å². The quantitative estimate of drug-likeness (QED) is 0.373. The van der Waals surface area contributed by atoms with Crippen molar-refractivity contribution in [2.24, 2.45) is 0 Å². The number of nitrogen functional groups attached to an aromatic ring is 1. The first kappa shape index (κ1) is 20.0. The second kappa shape index (κ2) is 8.68. The van der Waals surface area contributed by atoms with Crippen LogP contribution in [0.4, 0.5) is 5.82 Å². The van der Waals surface area contributed by atoms with Gasteiger partial charge in [0.15, 0.2) is 5.82 Å². The molecule has 1 aliphatic heterocycles. The van der Waals surface area contributed by atoms with Crippen molar-refractivity contribution in [2.45, 2.75) is 18.9 Å². The highest BCUT2D eigenvalue weighted by atomic mass is 16.5. The number of amides is 1. The number of anilines is 1. The van der Waals surface area contributed by atoms with Gasteiger partial charge in [-0.1, -0.05) is 12.1 Å². The van der Waals surface area contributed by atoms with Gasteiger partial charge in [-0.2, -0.15) is 0 Å². The molecule has 8 nitrogen and oxygen atoms in total. The highest BCUT2D eigenvalue weighted by molar-refractivity contribution is 5.94. The number of rotatable bonds is 6. The number of hydrogen-bond acceptors (Lipinski definition) is 6. The van der Waals surface area contributed by atoms with Gasteiger partial charge in [0.1, 0.15) is 5.75 Å². The molecule has 5 rings (SSSR count). The summed E-state index contributed by atoms with van der Waals surface area (Å²) in [7, 11) is 0. The lowest BCUT2D eigenvalue weighted by Gasteiger charge is -2.12. The molecule has 5 N–H and O–H groups in total. The van der Waals surface area contributed by atoms with Crippen LogP contribution < -0.4 is 21.1 Å². The van der Waals surface area contributed by atoms with Crippen molar-refractivity contribution in [1.82, 2.24) is 25.6 Å². The van der Waals surface area contributed by atoms with Crippen molar-refractivity contribution in [1.29, 1.82) is 0 Å². The van der Waals surface area contributed by atoms with E-state index >= 15 is 0 Å². The van der Waals surface area contributed by atoms with Crippen molar-refractivity contribution in [3.8, 4) is 22.9 Å². The normalized spacial score (nSPS) is 15.7. The van der Waals surface area contributed by atoms with Gasteiger partial charge in [-0.05, 0) is 55.1 Å². The van der Waals surface area contributed by atoms with Crippen molar-refractivity contribution < 1.29 is 9.53 Å². The largest absolute Gasteiger partial charge is 0.436 e. The zero-order chi connectivity index (χ0) is 21.9. The monoisotopic (exact) mass is 428 g/mol. The third-order valence-electron chi connectivity index (χ3n) is 5.62. The molecule has 1 fully saturated rings. The molecule has 0 aliphatic carbocycles. The molecule has 2 aromatic carbocycles. The number of nitrogens with zero attached hydrogens (tertiary/aromatic N) is 2. The van der Waals surface area contributed by atoms with E-state index in [-0.39, 0.29) is 17.6 Å². The molecule has 4 aromatic rings. The summed E-state index contributed by atoms with van der Waals surface area (Å²) in [6.45, 7) is 1.66. The molecule has 0 bridgehead atoms. The summed E-state index contributed by atoms with van der Waals surface area (Å²) in [6, 6.07) is 15.3. The van der Waals surface area contributed by atoms with Gasteiger partial charge in [0.05, 0.1) is 11.9 Å². The Labute approximate surface area is 185 Å². The highest BCUT2D eigenvalue weighted by Crippen LogP contribution is 2.29. The maximum Gasteiger partial charge on any atom is 0.263 e. The first-order valence-corrected chi connectivity index (χ1v) is 10.7. The number of hydrogen-bond donors (Lipinski definition) is 4.